The van der Waals surface area contributed by atoms with Crippen LogP contribution in [0.2, 0.25) is 0 Å². The van der Waals surface area contributed by atoms with Gasteiger partial charge in [-0.15, -0.1) is 0 Å². The maximum Gasteiger partial charge on any atom is 0.243 e. The van der Waals surface area contributed by atoms with Crippen molar-refractivity contribution in [3.05, 3.63) is 95.7 Å². The summed E-state index contributed by atoms with van der Waals surface area (Å²) in [5.41, 5.74) is 1.41. The van der Waals surface area contributed by atoms with Crippen molar-refractivity contribution in [2.24, 2.45) is 0 Å². The highest BCUT2D eigenvalue weighted by Gasteiger charge is 2.32. The second-order valence-electron chi connectivity index (χ2n) is 8.17. The molecule has 0 aliphatic carbocycles. The third-order valence-electron chi connectivity index (χ3n) is 5.48. The molecule has 0 bridgehead atoms. The zero-order valence-corrected chi connectivity index (χ0v) is 20.4. The van der Waals surface area contributed by atoms with E-state index in [1.54, 1.807) is 12.1 Å². The predicted molar refractivity (Wildman–Crippen MR) is 129 cm³/mol. The predicted octanol–water partition coefficient (Wildman–Crippen LogP) is 2.57. The lowest BCUT2D eigenvalue weighted by molar-refractivity contribution is -0.141. The lowest BCUT2D eigenvalue weighted by atomic mass is 10.0. The molecular weight excluding hydrogens is 473 g/mol. The van der Waals surface area contributed by atoms with Crippen LogP contribution in [0.1, 0.15) is 16.9 Å². The standard InChI is InChI=1S/C25H28FN3O5S/c1-28(35(2,32)33)18-24(30)29(17-20-10-12-21(26)13-11-20)23(15-19-7-4-3-5-8-19)25(31)27-16-22-9-6-14-34-22/h3-14,23H,15-18H2,1-2H3,(H,27,31)/t23-/m0/s1. The van der Waals surface area contributed by atoms with Gasteiger partial charge in [0.1, 0.15) is 17.6 Å². The van der Waals surface area contributed by atoms with E-state index in [4.69, 9.17) is 4.42 Å². The van der Waals surface area contributed by atoms with E-state index in [2.05, 4.69) is 5.32 Å². The Hall–Kier alpha value is -3.50. The second-order valence-corrected chi connectivity index (χ2v) is 10.3. The molecule has 2 amide bonds. The molecule has 1 N–H and O–H groups in total. The number of hydrogen-bond acceptors (Lipinski definition) is 5. The van der Waals surface area contributed by atoms with Gasteiger partial charge in [-0.2, -0.15) is 4.31 Å². The van der Waals surface area contributed by atoms with Crippen molar-refractivity contribution in [1.29, 1.82) is 0 Å². The Balaban J connectivity index is 1.93. The van der Waals surface area contributed by atoms with Crippen molar-refractivity contribution in [2.75, 3.05) is 19.8 Å². The van der Waals surface area contributed by atoms with Crippen molar-refractivity contribution in [2.45, 2.75) is 25.6 Å². The molecule has 0 fully saturated rings. The Morgan fingerprint density at radius 3 is 2.29 bits per heavy atom. The molecule has 0 spiro atoms. The highest BCUT2D eigenvalue weighted by molar-refractivity contribution is 7.88. The summed E-state index contributed by atoms with van der Waals surface area (Å²) in [5, 5.41) is 2.80. The van der Waals surface area contributed by atoms with E-state index in [9.17, 15) is 22.4 Å². The molecule has 0 aliphatic rings. The lowest BCUT2D eigenvalue weighted by Gasteiger charge is -2.32. The number of amides is 2. The van der Waals surface area contributed by atoms with Gasteiger partial charge in [0.25, 0.3) is 0 Å². The number of halogens is 1. The highest BCUT2D eigenvalue weighted by Crippen LogP contribution is 2.16. The molecule has 1 atom stereocenters. The van der Waals surface area contributed by atoms with Crippen LogP contribution in [0.4, 0.5) is 4.39 Å². The minimum atomic E-state index is -3.63. The molecule has 0 saturated heterocycles. The molecule has 0 saturated carbocycles. The third-order valence-corrected chi connectivity index (χ3v) is 6.74. The van der Waals surface area contributed by atoms with Gasteiger partial charge in [0, 0.05) is 20.0 Å². The molecule has 0 radical (unpaired) electrons. The first kappa shape index (κ1) is 26.1. The van der Waals surface area contributed by atoms with E-state index in [0.29, 0.717) is 11.3 Å². The lowest BCUT2D eigenvalue weighted by Crippen LogP contribution is -2.52. The Labute approximate surface area is 204 Å². The molecule has 1 aromatic heterocycles. The first-order valence-corrected chi connectivity index (χ1v) is 12.8. The van der Waals surface area contributed by atoms with Gasteiger partial charge < -0.3 is 14.6 Å². The molecule has 3 rings (SSSR count). The second kappa shape index (κ2) is 11.8. The fourth-order valence-corrected chi connectivity index (χ4v) is 3.79. The number of sulfonamides is 1. The number of benzene rings is 2. The van der Waals surface area contributed by atoms with Crippen LogP contribution in [-0.2, 0) is 39.1 Å². The molecule has 10 heteroatoms. The first-order chi connectivity index (χ1) is 16.6. The van der Waals surface area contributed by atoms with Gasteiger partial charge in [-0.3, -0.25) is 9.59 Å². The summed E-state index contributed by atoms with van der Waals surface area (Å²) >= 11 is 0. The number of nitrogens with zero attached hydrogens (tertiary/aromatic N) is 2. The Bertz CT molecular complexity index is 1220. The van der Waals surface area contributed by atoms with Crippen LogP contribution in [0.15, 0.2) is 77.4 Å². The van der Waals surface area contributed by atoms with Crippen molar-refractivity contribution < 1.29 is 26.8 Å². The van der Waals surface area contributed by atoms with E-state index in [1.165, 1.54) is 42.5 Å². The van der Waals surface area contributed by atoms with Gasteiger partial charge in [-0.1, -0.05) is 42.5 Å². The quantitative estimate of drug-likeness (QED) is 0.435. The number of hydrogen-bond donors (Lipinski definition) is 1. The van der Waals surface area contributed by atoms with Crippen molar-refractivity contribution in [3.8, 4) is 0 Å². The number of rotatable bonds is 11. The van der Waals surface area contributed by atoms with Gasteiger partial charge in [-0.05, 0) is 35.4 Å². The molecule has 8 nitrogen and oxygen atoms in total. The van der Waals surface area contributed by atoms with E-state index >= 15 is 0 Å². The topological polar surface area (TPSA) is 99.9 Å². The smallest absolute Gasteiger partial charge is 0.243 e. The first-order valence-electron chi connectivity index (χ1n) is 10.9. The number of carbonyl (C=O) groups excluding carboxylic acids is 2. The Morgan fingerprint density at radius 1 is 1.00 bits per heavy atom. The summed E-state index contributed by atoms with van der Waals surface area (Å²) in [6.07, 6.45) is 2.69. The molecule has 0 unspecified atom stereocenters. The van der Waals surface area contributed by atoms with Crippen LogP contribution in [0.25, 0.3) is 0 Å². The molecule has 35 heavy (non-hydrogen) atoms. The van der Waals surface area contributed by atoms with Gasteiger partial charge in [-0.25, -0.2) is 12.8 Å². The molecular formula is C25H28FN3O5S. The summed E-state index contributed by atoms with van der Waals surface area (Å²) < 4.78 is 43.5. The minimum absolute atomic E-state index is 0.0115. The summed E-state index contributed by atoms with van der Waals surface area (Å²) in [5.74, 6) is -0.871. The SMILES string of the molecule is CN(CC(=O)N(Cc1ccc(F)cc1)[C@@H](Cc1ccccc1)C(=O)NCc1ccco1)S(C)(=O)=O. The van der Waals surface area contributed by atoms with Crippen LogP contribution in [0.3, 0.4) is 0 Å². The van der Waals surface area contributed by atoms with Crippen LogP contribution in [0, 0.1) is 5.82 Å². The average Bonchev–Trinajstić information content (AvgIpc) is 3.34. The zero-order chi connectivity index (χ0) is 25.4. The summed E-state index contributed by atoms with van der Waals surface area (Å²) in [4.78, 5) is 28.1. The third kappa shape index (κ3) is 7.76. The monoisotopic (exact) mass is 501 g/mol. The molecule has 3 aromatic rings. The van der Waals surface area contributed by atoms with E-state index in [-0.39, 0.29) is 19.5 Å². The van der Waals surface area contributed by atoms with Crippen molar-refractivity contribution >= 4 is 21.8 Å². The number of furan rings is 1. The molecule has 0 aliphatic heterocycles. The fraction of sp³-hybridized carbons (Fsp3) is 0.280. The number of carbonyl (C=O) groups is 2. The van der Waals surface area contributed by atoms with Crippen LogP contribution in [0.5, 0.6) is 0 Å². The fourth-order valence-electron chi connectivity index (χ4n) is 3.44. The summed E-state index contributed by atoms with van der Waals surface area (Å²) in [7, 11) is -2.33. The Kier molecular flexibility index (Phi) is 8.78. The normalized spacial score (nSPS) is 12.3. The largest absolute Gasteiger partial charge is 0.467 e. The number of likely N-dealkylation sites (N-methyl/N-ethyl adjacent to an activating group) is 1. The van der Waals surface area contributed by atoms with Gasteiger partial charge in [0.05, 0.1) is 25.6 Å². The molecule has 1 heterocycles. The minimum Gasteiger partial charge on any atom is -0.467 e. The van der Waals surface area contributed by atoms with Crippen molar-refractivity contribution in [3.63, 3.8) is 0 Å². The van der Waals surface area contributed by atoms with Crippen LogP contribution < -0.4 is 5.32 Å². The maximum absolute atomic E-state index is 13.5. The molecule has 186 valence electrons. The van der Waals surface area contributed by atoms with Gasteiger partial charge in [0.2, 0.25) is 21.8 Å². The van der Waals surface area contributed by atoms with Gasteiger partial charge >= 0.3 is 0 Å². The van der Waals surface area contributed by atoms with E-state index < -0.39 is 40.2 Å². The summed E-state index contributed by atoms with van der Waals surface area (Å²) in [6.45, 7) is -0.335. The number of nitrogens with one attached hydrogen (secondary N) is 1. The van der Waals surface area contributed by atoms with Crippen LogP contribution in [-0.4, -0.2) is 55.3 Å². The van der Waals surface area contributed by atoms with E-state index in [1.807, 2.05) is 30.3 Å². The van der Waals surface area contributed by atoms with Crippen LogP contribution >= 0.6 is 0 Å². The van der Waals surface area contributed by atoms with E-state index in [0.717, 1.165) is 16.1 Å². The highest BCUT2D eigenvalue weighted by atomic mass is 32.2. The average molecular weight is 502 g/mol. The van der Waals surface area contributed by atoms with Crippen molar-refractivity contribution in [1.82, 2.24) is 14.5 Å². The summed E-state index contributed by atoms with van der Waals surface area (Å²) in [6, 6.07) is 17.2. The zero-order valence-electron chi connectivity index (χ0n) is 19.6. The maximum atomic E-state index is 13.5. The molecule has 2 aromatic carbocycles. The Morgan fingerprint density at radius 2 is 1.69 bits per heavy atom. The van der Waals surface area contributed by atoms with Gasteiger partial charge in [0.15, 0.2) is 0 Å².